The van der Waals surface area contributed by atoms with Gasteiger partial charge in [-0.1, -0.05) is 17.7 Å². The molecule has 3 rings (SSSR count). The van der Waals surface area contributed by atoms with E-state index in [0.717, 1.165) is 12.1 Å². The Kier molecular flexibility index (Phi) is 5.60. The molecule has 5 nitrogen and oxygen atoms in total. The number of carbonyl (C=O) groups is 1. The zero-order valence-electron chi connectivity index (χ0n) is 14.6. The maximum absolute atomic E-state index is 13.1. The van der Waals surface area contributed by atoms with E-state index in [9.17, 15) is 18.0 Å². The van der Waals surface area contributed by atoms with Gasteiger partial charge in [0.15, 0.2) is 6.10 Å². The van der Waals surface area contributed by atoms with Crippen molar-refractivity contribution in [1.29, 1.82) is 0 Å². The molecule has 1 aromatic heterocycles. The minimum atomic E-state index is -4.55. The number of halogens is 4. The minimum Gasteiger partial charge on any atom is -0.481 e. The van der Waals surface area contributed by atoms with E-state index in [-0.39, 0.29) is 5.69 Å². The number of imidazole rings is 1. The molecule has 1 atom stereocenters. The molecule has 0 radical (unpaired) electrons. The minimum absolute atomic E-state index is 0.0145. The molecule has 0 saturated heterocycles. The molecular formula is C19H15ClF3N3O2. The second-order valence-electron chi connectivity index (χ2n) is 5.91. The van der Waals surface area contributed by atoms with Crippen molar-refractivity contribution in [3.8, 4) is 11.4 Å². The third kappa shape index (κ3) is 4.64. The van der Waals surface area contributed by atoms with E-state index in [1.54, 1.807) is 24.4 Å². The number of benzene rings is 2. The summed E-state index contributed by atoms with van der Waals surface area (Å²) in [5.74, 6) is -0.241. The van der Waals surface area contributed by atoms with Crippen LogP contribution in [0.3, 0.4) is 0 Å². The Balaban J connectivity index is 1.85. The van der Waals surface area contributed by atoms with Crippen LogP contribution in [-0.2, 0) is 11.0 Å². The summed E-state index contributed by atoms with van der Waals surface area (Å²) in [4.78, 5) is 16.4. The van der Waals surface area contributed by atoms with Gasteiger partial charge in [0.1, 0.15) is 5.75 Å². The van der Waals surface area contributed by atoms with Gasteiger partial charge in [-0.3, -0.25) is 4.79 Å². The van der Waals surface area contributed by atoms with Crippen LogP contribution in [0.25, 0.3) is 5.69 Å². The summed E-state index contributed by atoms with van der Waals surface area (Å²) in [5, 5.41) is 2.94. The zero-order chi connectivity index (χ0) is 20.3. The van der Waals surface area contributed by atoms with Gasteiger partial charge in [-0.15, -0.1) is 0 Å². The van der Waals surface area contributed by atoms with Crippen LogP contribution in [0.1, 0.15) is 12.5 Å². The number of aromatic nitrogens is 2. The summed E-state index contributed by atoms with van der Waals surface area (Å²) in [6, 6.07) is 9.55. The lowest BCUT2D eigenvalue weighted by Crippen LogP contribution is -2.30. The molecule has 146 valence electrons. The van der Waals surface area contributed by atoms with E-state index >= 15 is 0 Å². The first-order chi connectivity index (χ1) is 13.2. The van der Waals surface area contributed by atoms with Crippen LogP contribution in [0.2, 0.25) is 5.02 Å². The third-order valence-electron chi connectivity index (χ3n) is 3.84. The topological polar surface area (TPSA) is 56.1 Å². The molecule has 1 N–H and O–H groups in total. The van der Waals surface area contributed by atoms with E-state index in [2.05, 4.69) is 10.3 Å². The number of carbonyl (C=O) groups excluding carboxylic acids is 1. The molecule has 0 bridgehead atoms. The number of nitrogens with one attached hydrogen (secondary N) is 1. The smallest absolute Gasteiger partial charge is 0.416 e. The van der Waals surface area contributed by atoms with E-state index in [1.807, 2.05) is 0 Å². The Labute approximate surface area is 163 Å². The summed E-state index contributed by atoms with van der Waals surface area (Å²) in [6.07, 6.45) is -1.05. The number of amides is 1. The average molecular weight is 410 g/mol. The monoisotopic (exact) mass is 409 g/mol. The molecule has 0 aliphatic heterocycles. The van der Waals surface area contributed by atoms with Crippen LogP contribution in [0, 0.1) is 0 Å². The van der Waals surface area contributed by atoms with Gasteiger partial charge >= 0.3 is 6.18 Å². The fourth-order valence-corrected chi connectivity index (χ4v) is 2.65. The molecule has 0 aliphatic carbocycles. The molecule has 0 saturated carbocycles. The fourth-order valence-electron chi connectivity index (χ4n) is 2.47. The molecule has 9 heteroatoms. The van der Waals surface area contributed by atoms with Crippen LogP contribution in [0.15, 0.2) is 61.2 Å². The highest BCUT2D eigenvalue weighted by Gasteiger charge is 2.31. The number of ether oxygens (including phenoxy) is 1. The molecule has 0 spiro atoms. The first-order valence-corrected chi connectivity index (χ1v) is 8.54. The summed E-state index contributed by atoms with van der Waals surface area (Å²) >= 11 is 5.88. The second-order valence-corrected chi connectivity index (χ2v) is 6.34. The van der Waals surface area contributed by atoms with Crippen LogP contribution >= 0.6 is 11.6 Å². The number of hydrogen-bond acceptors (Lipinski definition) is 3. The first kappa shape index (κ1) is 19.8. The van der Waals surface area contributed by atoms with Crippen molar-refractivity contribution in [2.24, 2.45) is 0 Å². The van der Waals surface area contributed by atoms with Crippen LogP contribution in [-0.4, -0.2) is 21.6 Å². The molecule has 0 aliphatic rings. The number of rotatable bonds is 5. The van der Waals surface area contributed by atoms with Gasteiger partial charge in [0, 0.05) is 17.4 Å². The van der Waals surface area contributed by atoms with Crippen molar-refractivity contribution in [2.75, 3.05) is 5.32 Å². The number of anilines is 1. The number of nitrogens with zero attached hydrogens (tertiary/aromatic N) is 2. The Hall–Kier alpha value is -3.00. The van der Waals surface area contributed by atoms with Gasteiger partial charge in [0.25, 0.3) is 5.91 Å². The van der Waals surface area contributed by atoms with Gasteiger partial charge in [-0.2, -0.15) is 13.2 Å². The van der Waals surface area contributed by atoms with Crippen molar-refractivity contribution in [3.05, 3.63) is 71.8 Å². The van der Waals surface area contributed by atoms with Crippen LogP contribution in [0.5, 0.6) is 5.75 Å². The van der Waals surface area contributed by atoms with Gasteiger partial charge < -0.3 is 14.6 Å². The molecule has 2 aromatic carbocycles. The highest BCUT2D eigenvalue weighted by atomic mass is 35.5. The van der Waals surface area contributed by atoms with Gasteiger partial charge in [-0.25, -0.2) is 4.98 Å². The summed E-state index contributed by atoms with van der Waals surface area (Å²) in [7, 11) is 0. The van der Waals surface area contributed by atoms with Crippen LogP contribution < -0.4 is 10.1 Å². The van der Waals surface area contributed by atoms with E-state index in [4.69, 9.17) is 16.3 Å². The normalized spacial score (nSPS) is 12.5. The van der Waals surface area contributed by atoms with E-state index < -0.39 is 23.8 Å². The SMILES string of the molecule is CC(Oc1cccc(Cl)c1)C(=O)Nc1cc(C(F)(F)F)ccc1-n1ccnc1. The van der Waals surface area contributed by atoms with Crippen molar-refractivity contribution >= 4 is 23.2 Å². The predicted molar refractivity (Wildman–Crippen MR) is 98.7 cm³/mol. The van der Waals surface area contributed by atoms with Gasteiger partial charge in [0.05, 0.1) is 23.3 Å². The first-order valence-electron chi connectivity index (χ1n) is 8.17. The van der Waals surface area contributed by atoms with Crippen molar-refractivity contribution in [3.63, 3.8) is 0 Å². The van der Waals surface area contributed by atoms with Gasteiger partial charge in [0.2, 0.25) is 0 Å². The van der Waals surface area contributed by atoms with Crippen molar-refractivity contribution in [1.82, 2.24) is 9.55 Å². The average Bonchev–Trinajstić information content (AvgIpc) is 3.15. The summed E-state index contributed by atoms with van der Waals surface area (Å²) in [6.45, 7) is 1.49. The lowest BCUT2D eigenvalue weighted by atomic mass is 10.1. The van der Waals surface area contributed by atoms with Gasteiger partial charge in [-0.05, 0) is 43.3 Å². The van der Waals surface area contributed by atoms with Crippen LogP contribution in [0.4, 0.5) is 18.9 Å². The Morgan fingerprint density at radius 2 is 2.04 bits per heavy atom. The largest absolute Gasteiger partial charge is 0.481 e. The predicted octanol–water partition coefficient (Wildman–Crippen LogP) is 4.95. The molecular weight excluding hydrogens is 395 g/mol. The number of hydrogen-bond donors (Lipinski definition) is 1. The fraction of sp³-hybridized carbons (Fsp3) is 0.158. The second kappa shape index (κ2) is 7.93. The summed E-state index contributed by atoms with van der Waals surface area (Å²) in [5.41, 5.74) is -0.553. The standard InChI is InChI=1S/C19H15ClF3N3O2/c1-12(28-15-4-2-3-14(20)10-15)18(27)25-16-9-13(19(21,22)23)5-6-17(16)26-8-7-24-11-26/h2-12H,1H3,(H,25,27). The number of alkyl halides is 3. The highest BCUT2D eigenvalue weighted by molar-refractivity contribution is 6.30. The third-order valence-corrected chi connectivity index (χ3v) is 4.08. The quantitative estimate of drug-likeness (QED) is 0.648. The Morgan fingerprint density at radius 1 is 1.25 bits per heavy atom. The molecule has 0 fully saturated rings. The maximum atomic E-state index is 13.1. The molecule has 28 heavy (non-hydrogen) atoms. The molecule has 1 unspecified atom stereocenters. The van der Waals surface area contributed by atoms with Crippen molar-refractivity contribution in [2.45, 2.75) is 19.2 Å². The Bertz CT molecular complexity index is 975. The zero-order valence-corrected chi connectivity index (χ0v) is 15.3. The molecule has 3 aromatic rings. The van der Waals surface area contributed by atoms with E-state index in [0.29, 0.717) is 16.5 Å². The lowest BCUT2D eigenvalue weighted by Gasteiger charge is -2.18. The summed E-state index contributed by atoms with van der Waals surface area (Å²) < 4.78 is 46.3. The molecule has 1 heterocycles. The van der Waals surface area contributed by atoms with Crippen molar-refractivity contribution < 1.29 is 22.7 Å². The molecule has 1 amide bonds. The highest BCUT2D eigenvalue weighted by Crippen LogP contribution is 2.33. The van der Waals surface area contributed by atoms with E-state index in [1.165, 1.54) is 36.1 Å². The maximum Gasteiger partial charge on any atom is 0.416 e. The lowest BCUT2D eigenvalue weighted by molar-refractivity contribution is -0.137. The Morgan fingerprint density at radius 3 is 2.68 bits per heavy atom.